The van der Waals surface area contributed by atoms with Crippen molar-refractivity contribution >= 4 is 0 Å². The van der Waals surface area contributed by atoms with Crippen molar-refractivity contribution in [2.24, 2.45) is 0 Å². The van der Waals surface area contributed by atoms with Crippen molar-refractivity contribution in [3.8, 4) is 22.9 Å². The molecule has 0 spiro atoms. The standard InChI is InChI=1S/C16H15NO/c1-3-18-15-9-5-7-13(10-15)16-12(2)6-4-8-14(16)11-17/h4-10H,3H2,1-2H3. The van der Waals surface area contributed by atoms with Gasteiger partial charge in [-0.05, 0) is 43.2 Å². The fourth-order valence-electron chi connectivity index (χ4n) is 2.05. The molecule has 0 unspecified atom stereocenters. The van der Waals surface area contributed by atoms with Gasteiger partial charge in [-0.25, -0.2) is 0 Å². The lowest BCUT2D eigenvalue weighted by atomic mass is 9.95. The van der Waals surface area contributed by atoms with Gasteiger partial charge in [0.1, 0.15) is 5.75 Å². The Balaban J connectivity index is 2.55. The molecule has 0 aliphatic carbocycles. The number of nitriles is 1. The van der Waals surface area contributed by atoms with Crippen LogP contribution in [0.15, 0.2) is 42.5 Å². The van der Waals surface area contributed by atoms with Crippen LogP contribution in [0.25, 0.3) is 11.1 Å². The first kappa shape index (κ1) is 12.2. The minimum atomic E-state index is 0.641. The van der Waals surface area contributed by atoms with Gasteiger partial charge < -0.3 is 4.74 Å². The van der Waals surface area contributed by atoms with Gasteiger partial charge in [0.25, 0.3) is 0 Å². The Labute approximate surface area is 107 Å². The van der Waals surface area contributed by atoms with Crippen LogP contribution in [-0.4, -0.2) is 6.61 Å². The summed E-state index contributed by atoms with van der Waals surface area (Å²) in [4.78, 5) is 0. The molecule has 0 heterocycles. The zero-order valence-electron chi connectivity index (χ0n) is 10.6. The van der Waals surface area contributed by atoms with Gasteiger partial charge in [0.2, 0.25) is 0 Å². The summed E-state index contributed by atoms with van der Waals surface area (Å²) in [5.41, 5.74) is 3.81. The average Bonchev–Trinajstić information content (AvgIpc) is 2.39. The van der Waals surface area contributed by atoms with Crippen molar-refractivity contribution in [3.05, 3.63) is 53.6 Å². The fraction of sp³-hybridized carbons (Fsp3) is 0.188. The van der Waals surface area contributed by atoms with Crippen molar-refractivity contribution in [1.29, 1.82) is 5.26 Å². The topological polar surface area (TPSA) is 33.0 Å². The summed E-state index contributed by atoms with van der Waals surface area (Å²) < 4.78 is 5.50. The Kier molecular flexibility index (Phi) is 3.64. The molecule has 0 N–H and O–H groups in total. The van der Waals surface area contributed by atoms with Crippen molar-refractivity contribution in [1.82, 2.24) is 0 Å². The van der Waals surface area contributed by atoms with Crippen molar-refractivity contribution < 1.29 is 4.74 Å². The summed E-state index contributed by atoms with van der Waals surface area (Å²) in [5, 5.41) is 9.20. The average molecular weight is 237 g/mol. The maximum Gasteiger partial charge on any atom is 0.119 e. The first-order chi connectivity index (χ1) is 8.76. The minimum Gasteiger partial charge on any atom is -0.494 e. The molecule has 0 aliphatic heterocycles. The molecule has 0 atom stereocenters. The molecule has 0 amide bonds. The highest BCUT2D eigenvalue weighted by Gasteiger charge is 2.08. The van der Waals surface area contributed by atoms with Crippen LogP contribution in [0.3, 0.4) is 0 Å². The van der Waals surface area contributed by atoms with Crippen LogP contribution < -0.4 is 4.74 Å². The number of hydrogen-bond acceptors (Lipinski definition) is 2. The molecule has 2 aromatic carbocycles. The first-order valence-corrected chi connectivity index (χ1v) is 5.99. The molecular weight excluding hydrogens is 222 g/mol. The molecule has 0 bridgehead atoms. The molecule has 2 aromatic rings. The van der Waals surface area contributed by atoms with Crippen molar-refractivity contribution in [2.75, 3.05) is 6.61 Å². The third-order valence-corrected chi connectivity index (χ3v) is 2.83. The Bertz CT molecular complexity index is 596. The van der Waals surface area contributed by atoms with Crippen molar-refractivity contribution in [3.63, 3.8) is 0 Å². The van der Waals surface area contributed by atoms with Crippen LogP contribution in [0.1, 0.15) is 18.1 Å². The van der Waals surface area contributed by atoms with Gasteiger partial charge in [-0.2, -0.15) is 5.26 Å². The van der Waals surface area contributed by atoms with Gasteiger partial charge in [-0.15, -0.1) is 0 Å². The Morgan fingerprint density at radius 3 is 2.67 bits per heavy atom. The third kappa shape index (κ3) is 2.36. The van der Waals surface area contributed by atoms with Gasteiger partial charge in [0.05, 0.1) is 18.2 Å². The van der Waals surface area contributed by atoms with Gasteiger partial charge in [0.15, 0.2) is 0 Å². The lowest BCUT2D eigenvalue weighted by Crippen LogP contribution is -1.93. The molecular formula is C16H15NO. The summed E-state index contributed by atoms with van der Waals surface area (Å²) in [7, 11) is 0. The summed E-state index contributed by atoms with van der Waals surface area (Å²) >= 11 is 0. The van der Waals surface area contributed by atoms with E-state index in [1.165, 1.54) is 0 Å². The maximum atomic E-state index is 9.20. The van der Waals surface area contributed by atoms with E-state index in [0.717, 1.165) is 22.4 Å². The monoisotopic (exact) mass is 237 g/mol. The molecule has 0 saturated carbocycles. The Morgan fingerprint density at radius 1 is 1.17 bits per heavy atom. The van der Waals surface area contributed by atoms with Crippen LogP contribution in [0, 0.1) is 18.3 Å². The predicted octanol–water partition coefficient (Wildman–Crippen LogP) is 3.93. The zero-order chi connectivity index (χ0) is 13.0. The molecule has 2 heteroatoms. The van der Waals surface area contributed by atoms with E-state index in [0.29, 0.717) is 12.2 Å². The molecule has 0 aromatic heterocycles. The molecule has 2 rings (SSSR count). The van der Waals surface area contributed by atoms with Crippen LogP contribution in [0.5, 0.6) is 5.75 Å². The SMILES string of the molecule is CCOc1cccc(-c2c(C)cccc2C#N)c1. The number of rotatable bonds is 3. The molecule has 2 nitrogen and oxygen atoms in total. The zero-order valence-corrected chi connectivity index (χ0v) is 10.6. The molecule has 90 valence electrons. The van der Waals surface area contributed by atoms with Gasteiger partial charge >= 0.3 is 0 Å². The van der Waals surface area contributed by atoms with Gasteiger partial charge in [0, 0.05) is 5.56 Å². The van der Waals surface area contributed by atoms with Crippen molar-refractivity contribution in [2.45, 2.75) is 13.8 Å². The minimum absolute atomic E-state index is 0.641. The fourth-order valence-corrected chi connectivity index (χ4v) is 2.05. The highest BCUT2D eigenvalue weighted by atomic mass is 16.5. The summed E-state index contributed by atoms with van der Waals surface area (Å²) in [6.07, 6.45) is 0. The first-order valence-electron chi connectivity index (χ1n) is 5.99. The van der Waals surface area contributed by atoms with Gasteiger partial charge in [-0.3, -0.25) is 0 Å². The van der Waals surface area contributed by atoms with Crippen LogP contribution in [-0.2, 0) is 0 Å². The normalized spacial score (nSPS) is 9.83. The lowest BCUT2D eigenvalue weighted by Gasteiger charge is -2.10. The summed E-state index contributed by atoms with van der Waals surface area (Å²) in [6.45, 7) is 4.62. The number of nitrogens with zero attached hydrogens (tertiary/aromatic N) is 1. The highest BCUT2D eigenvalue weighted by Crippen LogP contribution is 2.29. The van der Waals surface area contributed by atoms with E-state index in [9.17, 15) is 5.26 Å². The molecule has 0 radical (unpaired) electrons. The smallest absolute Gasteiger partial charge is 0.119 e. The molecule has 0 aliphatic rings. The maximum absolute atomic E-state index is 9.20. The Hall–Kier alpha value is -2.27. The van der Waals surface area contributed by atoms with E-state index < -0.39 is 0 Å². The van der Waals surface area contributed by atoms with E-state index >= 15 is 0 Å². The van der Waals surface area contributed by atoms with Gasteiger partial charge in [-0.1, -0.05) is 24.3 Å². The number of ether oxygens (including phenoxy) is 1. The number of aryl methyl sites for hydroxylation is 1. The lowest BCUT2D eigenvalue weighted by molar-refractivity contribution is 0.340. The number of benzene rings is 2. The number of hydrogen-bond donors (Lipinski definition) is 0. The summed E-state index contributed by atoms with van der Waals surface area (Å²) in [6, 6.07) is 15.9. The second-order valence-electron chi connectivity index (χ2n) is 4.07. The third-order valence-electron chi connectivity index (χ3n) is 2.83. The second kappa shape index (κ2) is 5.37. The second-order valence-corrected chi connectivity index (χ2v) is 4.07. The van der Waals surface area contributed by atoms with Crippen LogP contribution in [0.2, 0.25) is 0 Å². The van der Waals surface area contributed by atoms with E-state index in [1.807, 2.05) is 56.3 Å². The molecule has 0 saturated heterocycles. The van der Waals surface area contributed by atoms with E-state index in [4.69, 9.17) is 4.74 Å². The van der Waals surface area contributed by atoms with E-state index in [1.54, 1.807) is 0 Å². The van der Waals surface area contributed by atoms with E-state index in [-0.39, 0.29) is 0 Å². The predicted molar refractivity (Wildman–Crippen MR) is 72.5 cm³/mol. The Morgan fingerprint density at radius 2 is 1.94 bits per heavy atom. The largest absolute Gasteiger partial charge is 0.494 e. The van der Waals surface area contributed by atoms with Crippen LogP contribution in [0.4, 0.5) is 0 Å². The quantitative estimate of drug-likeness (QED) is 0.810. The highest BCUT2D eigenvalue weighted by molar-refractivity contribution is 5.74. The molecule has 18 heavy (non-hydrogen) atoms. The van der Waals surface area contributed by atoms with Crippen LogP contribution >= 0.6 is 0 Å². The molecule has 0 fully saturated rings. The van der Waals surface area contributed by atoms with E-state index in [2.05, 4.69) is 6.07 Å². The summed E-state index contributed by atoms with van der Waals surface area (Å²) in [5.74, 6) is 0.835.